The molecule has 2 aromatic carbocycles. The Morgan fingerprint density at radius 2 is 1.61 bits per heavy atom. The van der Waals surface area contributed by atoms with Crippen LogP contribution in [0.25, 0.3) is 0 Å². The fraction of sp³-hybridized carbons (Fsp3) is 0.409. The van der Waals surface area contributed by atoms with E-state index >= 15 is 0 Å². The van der Waals surface area contributed by atoms with E-state index in [1.807, 2.05) is 6.92 Å². The molecule has 0 bridgehead atoms. The van der Waals surface area contributed by atoms with Crippen LogP contribution in [0.15, 0.2) is 47.4 Å². The summed E-state index contributed by atoms with van der Waals surface area (Å²) in [6.07, 6.45) is 0.717. The molecule has 2 aliphatic rings. The minimum atomic E-state index is -2.64. The van der Waals surface area contributed by atoms with Gasteiger partial charge in [-0.1, -0.05) is 6.07 Å². The van der Waals surface area contributed by atoms with Crippen LogP contribution in [0, 0.1) is 11.6 Å². The number of carbonyl (C=O) groups excluding carboxylic acids is 1. The topological polar surface area (TPSA) is 60.9 Å². The molecule has 2 saturated heterocycles. The Morgan fingerprint density at radius 1 is 0.935 bits per heavy atom. The molecule has 2 heterocycles. The van der Waals surface area contributed by atoms with Gasteiger partial charge in [0.2, 0.25) is 5.91 Å². The van der Waals surface area contributed by atoms with E-state index in [4.69, 9.17) is 0 Å². The summed E-state index contributed by atoms with van der Waals surface area (Å²) in [6.45, 7) is 5.47. The highest BCUT2D eigenvalue weighted by molar-refractivity contribution is 7.72. The summed E-state index contributed by atoms with van der Waals surface area (Å²) in [5.41, 5.74) is 1.44. The summed E-state index contributed by atoms with van der Waals surface area (Å²) in [7, 11) is -2.64. The Balaban J connectivity index is 1.36. The van der Waals surface area contributed by atoms with Gasteiger partial charge in [0.25, 0.3) is 0 Å². The van der Waals surface area contributed by atoms with Crippen LogP contribution in [-0.2, 0) is 15.5 Å². The molecule has 9 heteroatoms. The van der Waals surface area contributed by atoms with Crippen molar-refractivity contribution < 1.29 is 22.0 Å². The first-order valence-corrected chi connectivity index (χ1v) is 11.5. The number of thiol groups is 1. The highest BCUT2D eigenvalue weighted by Crippen LogP contribution is 2.28. The van der Waals surface area contributed by atoms with E-state index in [1.165, 1.54) is 18.2 Å². The third-order valence-corrected chi connectivity index (χ3v) is 7.03. The van der Waals surface area contributed by atoms with Gasteiger partial charge in [-0.3, -0.25) is 14.6 Å². The molecule has 4 rings (SSSR count). The fourth-order valence-electron chi connectivity index (χ4n) is 4.43. The van der Waals surface area contributed by atoms with Crippen LogP contribution >= 0.6 is 0 Å². The summed E-state index contributed by atoms with van der Waals surface area (Å²) in [4.78, 5) is 19.3. The predicted molar refractivity (Wildman–Crippen MR) is 114 cm³/mol. The lowest BCUT2D eigenvalue weighted by atomic mass is 10.1. The van der Waals surface area contributed by atoms with Crippen LogP contribution in [0.4, 0.5) is 14.5 Å². The Hall–Kier alpha value is -2.36. The fourth-order valence-corrected chi connectivity index (χ4v) is 4.83. The molecule has 0 N–H and O–H groups in total. The summed E-state index contributed by atoms with van der Waals surface area (Å²) >= 11 is 0. The molecule has 0 radical (unpaired) electrons. The van der Waals surface area contributed by atoms with Crippen LogP contribution in [0.5, 0.6) is 0 Å². The van der Waals surface area contributed by atoms with E-state index in [0.29, 0.717) is 25.3 Å². The van der Waals surface area contributed by atoms with E-state index < -0.39 is 22.3 Å². The second-order valence-electron chi connectivity index (χ2n) is 7.99. The number of anilines is 1. The molecule has 2 aromatic rings. The molecule has 2 fully saturated rings. The molecule has 31 heavy (non-hydrogen) atoms. The number of rotatable bonds is 5. The molecule has 1 amide bonds. The quantitative estimate of drug-likeness (QED) is 0.711. The maximum Gasteiger partial charge on any atom is 0.244 e. The zero-order valence-corrected chi connectivity index (χ0v) is 18.1. The molecule has 0 spiro atoms. The van der Waals surface area contributed by atoms with Crippen molar-refractivity contribution in [1.29, 1.82) is 0 Å². The van der Waals surface area contributed by atoms with Crippen molar-refractivity contribution in [3.05, 3.63) is 59.7 Å². The van der Waals surface area contributed by atoms with E-state index in [1.54, 1.807) is 23.1 Å². The van der Waals surface area contributed by atoms with Crippen LogP contribution in [-0.4, -0.2) is 62.9 Å². The van der Waals surface area contributed by atoms with E-state index in [0.717, 1.165) is 31.1 Å². The number of halogens is 2. The minimum Gasteiger partial charge on any atom is -0.311 e. The Bertz CT molecular complexity index is 1030. The van der Waals surface area contributed by atoms with E-state index in [2.05, 4.69) is 9.80 Å². The minimum absolute atomic E-state index is 0.0290. The van der Waals surface area contributed by atoms with Crippen molar-refractivity contribution in [2.45, 2.75) is 30.3 Å². The van der Waals surface area contributed by atoms with Crippen molar-refractivity contribution >= 4 is 22.3 Å². The van der Waals surface area contributed by atoms with Gasteiger partial charge in [-0.05, 0) is 55.3 Å². The van der Waals surface area contributed by atoms with Gasteiger partial charge in [-0.25, -0.2) is 17.2 Å². The maximum absolute atomic E-state index is 13.6. The van der Waals surface area contributed by atoms with E-state index in [9.17, 15) is 22.0 Å². The van der Waals surface area contributed by atoms with Crippen LogP contribution in [0.1, 0.15) is 24.9 Å². The highest BCUT2D eigenvalue weighted by Gasteiger charge is 2.38. The number of carbonyl (C=O) groups is 1. The zero-order chi connectivity index (χ0) is 22.1. The third-order valence-electron chi connectivity index (χ3n) is 6.31. The summed E-state index contributed by atoms with van der Waals surface area (Å²) in [6, 6.07) is 10.1. The van der Waals surface area contributed by atoms with Crippen molar-refractivity contribution in [3.8, 4) is 0 Å². The molecule has 0 aliphatic carbocycles. The molecule has 0 aromatic heterocycles. The molecule has 6 nitrogen and oxygen atoms in total. The summed E-state index contributed by atoms with van der Waals surface area (Å²) < 4.78 is 48.9. The van der Waals surface area contributed by atoms with Gasteiger partial charge in [0.15, 0.2) is 22.3 Å². The maximum atomic E-state index is 13.6. The molecule has 2 atom stereocenters. The molecular formula is C22H25F2N3O3S. The van der Waals surface area contributed by atoms with Crippen LogP contribution in [0.3, 0.4) is 0 Å². The number of piperazine rings is 1. The van der Waals surface area contributed by atoms with Crippen molar-refractivity contribution in [2.24, 2.45) is 0 Å². The molecule has 0 saturated carbocycles. The Labute approximate surface area is 182 Å². The first kappa shape index (κ1) is 21.9. The van der Waals surface area contributed by atoms with Gasteiger partial charge >= 0.3 is 0 Å². The average Bonchev–Trinajstić information content (AvgIpc) is 3.16. The molecule has 0 unspecified atom stereocenters. The van der Waals surface area contributed by atoms with Crippen molar-refractivity contribution in [2.75, 3.05) is 37.6 Å². The largest absolute Gasteiger partial charge is 0.311 e. The number of nitrogens with zero attached hydrogens (tertiary/aromatic N) is 3. The predicted octanol–water partition coefficient (Wildman–Crippen LogP) is 2.42. The SMILES string of the molecule is C[C@@H](c1ccc(F)c(F)c1)N1CCN([C@H]2CCN(c3ccc([SH](=O)=O)cc3)C2=O)CC1. The third kappa shape index (κ3) is 4.49. The first-order valence-electron chi connectivity index (χ1n) is 10.3. The molecule has 166 valence electrons. The second-order valence-corrected chi connectivity index (χ2v) is 9.02. The van der Waals surface area contributed by atoms with Gasteiger partial charge in [-0.15, -0.1) is 0 Å². The summed E-state index contributed by atoms with van der Waals surface area (Å²) in [5.74, 6) is -1.65. The summed E-state index contributed by atoms with van der Waals surface area (Å²) in [5, 5.41) is 0. The lowest BCUT2D eigenvalue weighted by Gasteiger charge is -2.40. The Kier molecular flexibility index (Phi) is 6.36. The normalized spacial score (nSPS) is 21.7. The second kappa shape index (κ2) is 9.02. The first-order chi connectivity index (χ1) is 14.8. The van der Waals surface area contributed by atoms with Gasteiger partial charge in [0, 0.05) is 44.5 Å². The molecular weight excluding hydrogens is 424 g/mol. The number of amides is 1. The van der Waals surface area contributed by atoms with E-state index in [-0.39, 0.29) is 22.9 Å². The van der Waals surface area contributed by atoms with Gasteiger partial charge in [0.1, 0.15) is 0 Å². The smallest absolute Gasteiger partial charge is 0.244 e. The van der Waals surface area contributed by atoms with Crippen LogP contribution in [0.2, 0.25) is 0 Å². The lowest BCUT2D eigenvalue weighted by molar-refractivity contribution is -0.122. The van der Waals surface area contributed by atoms with Gasteiger partial charge in [-0.2, -0.15) is 0 Å². The number of benzene rings is 2. The molecule has 2 aliphatic heterocycles. The van der Waals surface area contributed by atoms with Gasteiger partial charge < -0.3 is 4.90 Å². The van der Waals surface area contributed by atoms with Gasteiger partial charge in [0.05, 0.1) is 10.9 Å². The number of hydrogen-bond donors (Lipinski definition) is 1. The highest BCUT2D eigenvalue weighted by atomic mass is 32.2. The van der Waals surface area contributed by atoms with Crippen LogP contribution < -0.4 is 4.90 Å². The Morgan fingerprint density at radius 3 is 2.23 bits per heavy atom. The zero-order valence-electron chi connectivity index (χ0n) is 17.2. The number of hydrogen-bond acceptors (Lipinski definition) is 5. The standard InChI is InChI=1S/C22H25F2N3O3S/c1-15(16-2-7-19(23)20(24)14-16)25-10-12-26(13-11-25)21-8-9-27(22(21)28)17-3-5-18(6-4-17)31(29)30/h2-7,14-15,21,31H,8-13H2,1H3/t15-,21-/m0/s1. The van der Waals surface area contributed by atoms with Crippen molar-refractivity contribution in [1.82, 2.24) is 9.80 Å². The van der Waals surface area contributed by atoms with Crippen molar-refractivity contribution in [3.63, 3.8) is 0 Å². The monoisotopic (exact) mass is 449 g/mol. The average molecular weight is 450 g/mol. The lowest BCUT2D eigenvalue weighted by Crippen LogP contribution is -2.52.